The molecule has 0 bridgehead atoms. The minimum absolute atomic E-state index is 0.0174. The predicted octanol–water partition coefficient (Wildman–Crippen LogP) is 4.74. The molecule has 0 saturated heterocycles. The Morgan fingerprint density at radius 2 is 1.96 bits per heavy atom. The normalized spacial score (nSPS) is 14.0. The Balaban J connectivity index is 1.80. The van der Waals surface area contributed by atoms with Crippen molar-refractivity contribution in [1.29, 1.82) is 0 Å². The first-order valence-electron chi connectivity index (χ1n) is 8.52. The number of alkyl halides is 3. The molecule has 0 unspecified atom stereocenters. The van der Waals surface area contributed by atoms with Gasteiger partial charge in [-0.15, -0.1) is 0 Å². The summed E-state index contributed by atoms with van der Waals surface area (Å²) < 4.78 is 37.6. The Kier molecular flexibility index (Phi) is 6.13. The maximum atomic E-state index is 12.5. The summed E-state index contributed by atoms with van der Waals surface area (Å²) in [7, 11) is 0. The Morgan fingerprint density at radius 1 is 1.18 bits per heavy atom. The van der Waals surface area contributed by atoms with Gasteiger partial charge in [-0.3, -0.25) is 4.99 Å². The average molecular weight is 409 g/mol. The lowest BCUT2D eigenvalue weighted by molar-refractivity contribution is -0.135. The highest BCUT2D eigenvalue weighted by Crippen LogP contribution is 2.31. The van der Waals surface area contributed by atoms with E-state index in [9.17, 15) is 23.4 Å². The summed E-state index contributed by atoms with van der Waals surface area (Å²) in [6.45, 7) is 0.435. The molecule has 0 fully saturated rings. The molecule has 2 aromatic carbocycles. The third-order valence-corrected chi connectivity index (χ3v) is 5.10. The maximum Gasteiger partial charge on any atom is 0.389 e. The van der Waals surface area contributed by atoms with Gasteiger partial charge in [-0.2, -0.15) is 18.3 Å². The number of thioether (sulfide) groups is 1. The average Bonchev–Trinajstić information content (AvgIpc) is 2.65. The van der Waals surface area contributed by atoms with Crippen molar-refractivity contribution in [3.05, 3.63) is 53.6 Å². The van der Waals surface area contributed by atoms with Gasteiger partial charge in [0.1, 0.15) is 11.5 Å². The summed E-state index contributed by atoms with van der Waals surface area (Å²) in [6, 6.07) is 11.6. The Bertz CT molecular complexity index is 900. The molecule has 0 aromatic heterocycles. The summed E-state index contributed by atoms with van der Waals surface area (Å²) in [5.74, 6) is -0.151. The molecule has 0 amide bonds. The number of fused-ring (bicyclic) bond motifs is 1. The molecule has 28 heavy (non-hydrogen) atoms. The number of halogens is 3. The molecule has 0 aliphatic carbocycles. The molecule has 0 spiro atoms. The van der Waals surface area contributed by atoms with Crippen LogP contribution >= 0.6 is 11.8 Å². The fourth-order valence-electron chi connectivity index (χ4n) is 2.56. The van der Waals surface area contributed by atoms with E-state index in [1.165, 1.54) is 41.2 Å². The Labute approximate surface area is 164 Å². The van der Waals surface area contributed by atoms with Gasteiger partial charge in [-0.1, -0.05) is 30.0 Å². The van der Waals surface area contributed by atoms with Crippen molar-refractivity contribution < 1.29 is 23.4 Å². The monoisotopic (exact) mass is 409 g/mol. The van der Waals surface area contributed by atoms with Gasteiger partial charge < -0.3 is 10.2 Å². The number of phenols is 2. The summed E-state index contributed by atoms with van der Waals surface area (Å²) in [4.78, 5) is 5.41. The van der Waals surface area contributed by atoms with E-state index in [0.717, 1.165) is 10.5 Å². The number of phenolic OH excluding ortho intramolecular Hbond substituents is 2. The number of hydrogen-bond acceptors (Lipinski definition) is 6. The van der Waals surface area contributed by atoms with Crippen molar-refractivity contribution in [1.82, 2.24) is 5.01 Å². The molecular formula is C19H18F3N3O2S. The molecule has 0 saturated carbocycles. The molecule has 3 rings (SSSR count). The van der Waals surface area contributed by atoms with Crippen LogP contribution in [0.1, 0.15) is 24.0 Å². The lowest BCUT2D eigenvalue weighted by atomic mass is 10.2. The number of amidine groups is 1. The first-order valence-corrected chi connectivity index (χ1v) is 9.34. The number of nitrogens with zero attached hydrogens (tertiary/aromatic N) is 3. The van der Waals surface area contributed by atoms with E-state index in [1.807, 2.05) is 24.3 Å². The largest absolute Gasteiger partial charge is 0.508 e. The van der Waals surface area contributed by atoms with Crippen LogP contribution in [-0.4, -0.2) is 39.3 Å². The van der Waals surface area contributed by atoms with Crippen LogP contribution in [0.25, 0.3) is 0 Å². The molecule has 2 N–H and O–H groups in total. The molecule has 1 heterocycles. The van der Waals surface area contributed by atoms with Gasteiger partial charge in [-0.05, 0) is 36.2 Å². The molecule has 1 aliphatic heterocycles. The quantitative estimate of drug-likeness (QED) is 0.425. The van der Waals surface area contributed by atoms with E-state index in [0.29, 0.717) is 11.7 Å². The van der Waals surface area contributed by atoms with Gasteiger partial charge in [-0.25, -0.2) is 5.01 Å². The second kappa shape index (κ2) is 8.55. The van der Waals surface area contributed by atoms with E-state index in [-0.39, 0.29) is 30.0 Å². The summed E-state index contributed by atoms with van der Waals surface area (Å²) >= 11 is 1.33. The standard InChI is InChI=1S/C19H18F3N3O2S/c20-19(21,22)8-3-9-25(24-12-14-10-15(26)6-7-16(14)27)18-23-11-13-4-1-2-5-17(13)28-18/h1-2,4-7,10,12,26-27H,3,8-9,11H2/b24-12+. The molecule has 0 radical (unpaired) electrons. The van der Waals surface area contributed by atoms with E-state index in [1.54, 1.807) is 0 Å². The molecule has 148 valence electrons. The fraction of sp³-hybridized carbons (Fsp3) is 0.263. The minimum atomic E-state index is -4.24. The van der Waals surface area contributed by atoms with Crippen LogP contribution in [0.3, 0.4) is 0 Å². The maximum absolute atomic E-state index is 12.5. The number of rotatable bonds is 5. The zero-order valence-electron chi connectivity index (χ0n) is 14.7. The number of hydrazone groups is 1. The van der Waals surface area contributed by atoms with Crippen molar-refractivity contribution in [2.24, 2.45) is 10.1 Å². The number of aromatic hydroxyl groups is 2. The van der Waals surface area contributed by atoms with E-state index in [4.69, 9.17) is 0 Å². The second-order valence-corrected chi connectivity index (χ2v) is 7.15. The van der Waals surface area contributed by atoms with Gasteiger partial charge in [0.05, 0.1) is 12.8 Å². The van der Waals surface area contributed by atoms with Crippen molar-refractivity contribution in [2.75, 3.05) is 6.54 Å². The van der Waals surface area contributed by atoms with Gasteiger partial charge in [0.2, 0.25) is 0 Å². The lowest BCUT2D eigenvalue weighted by Gasteiger charge is -2.24. The fourth-order valence-corrected chi connectivity index (χ4v) is 3.54. The minimum Gasteiger partial charge on any atom is -0.508 e. The van der Waals surface area contributed by atoms with Crippen molar-refractivity contribution in [3.63, 3.8) is 0 Å². The van der Waals surface area contributed by atoms with E-state index >= 15 is 0 Å². The zero-order chi connectivity index (χ0) is 20.1. The molecule has 2 aromatic rings. The summed E-state index contributed by atoms with van der Waals surface area (Å²) in [5, 5.41) is 25.5. The molecular weight excluding hydrogens is 391 g/mol. The Hall–Kier alpha value is -2.68. The van der Waals surface area contributed by atoms with Crippen LogP contribution in [0, 0.1) is 0 Å². The van der Waals surface area contributed by atoms with Crippen molar-refractivity contribution >= 4 is 23.1 Å². The molecule has 0 atom stereocenters. The van der Waals surface area contributed by atoms with Crippen LogP contribution in [0.5, 0.6) is 11.5 Å². The first-order chi connectivity index (χ1) is 13.3. The van der Waals surface area contributed by atoms with Crippen LogP contribution in [0.15, 0.2) is 57.5 Å². The number of hydrogen-bond donors (Lipinski definition) is 2. The van der Waals surface area contributed by atoms with Crippen LogP contribution < -0.4 is 0 Å². The van der Waals surface area contributed by atoms with Crippen molar-refractivity contribution in [3.8, 4) is 11.5 Å². The topological polar surface area (TPSA) is 68.4 Å². The van der Waals surface area contributed by atoms with Crippen molar-refractivity contribution in [2.45, 2.75) is 30.5 Å². The van der Waals surface area contributed by atoms with E-state index < -0.39 is 12.6 Å². The highest BCUT2D eigenvalue weighted by Gasteiger charge is 2.27. The molecule has 9 heteroatoms. The highest BCUT2D eigenvalue weighted by atomic mass is 32.2. The van der Waals surface area contributed by atoms with Crippen LogP contribution in [0.2, 0.25) is 0 Å². The predicted molar refractivity (Wildman–Crippen MR) is 103 cm³/mol. The Morgan fingerprint density at radius 3 is 2.75 bits per heavy atom. The third-order valence-electron chi connectivity index (χ3n) is 3.96. The van der Waals surface area contributed by atoms with E-state index in [2.05, 4.69) is 10.1 Å². The van der Waals surface area contributed by atoms with Crippen LogP contribution in [-0.2, 0) is 6.54 Å². The lowest BCUT2D eigenvalue weighted by Crippen LogP contribution is -2.27. The number of benzene rings is 2. The highest BCUT2D eigenvalue weighted by molar-refractivity contribution is 8.13. The van der Waals surface area contributed by atoms with Gasteiger partial charge >= 0.3 is 6.18 Å². The molecule has 1 aliphatic rings. The summed E-state index contributed by atoms with van der Waals surface area (Å²) in [5.41, 5.74) is 1.30. The van der Waals surface area contributed by atoms with Gasteiger partial charge in [0.15, 0.2) is 5.17 Å². The van der Waals surface area contributed by atoms with Crippen LogP contribution in [0.4, 0.5) is 13.2 Å². The SMILES string of the molecule is Oc1ccc(O)c(/C=N/N(CCCC(F)(F)F)C2=NCc3ccccc3S2)c1. The van der Waals surface area contributed by atoms with Gasteiger partial charge in [0.25, 0.3) is 0 Å². The smallest absolute Gasteiger partial charge is 0.389 e. The summed E-state index contributed by atoms with van der Waals surface area (Å²) in [6.07, 6.45) is -4.02. The zero-order valence-corrected chi connectivity index (χ0v) is 15.5. The third kappa shape index (κ3) is 5.41. The number of aliphatic imine (C=N–C) groups is 1. The first kappa shape index (κ1) is 20.1. The molecule has 5 nitrogen and oxygen atoms in total. The second-order valence-electron chi connectivity index (χ2n) is 6.14. The van der Waals surface area contributed by atoms with Gasteiger partial charge in [0, 0.05) is 23.4 Å².